The van der Waals surface area contributed by atoms with Gasteiger partial charge in [-0.3, -0.25) is 9.59 Å². The maximum absolute atomic E-state index is 13.0. The Morgan fingerprint density at radius 2 is 2.04 bits per heavy atom. The van der Waals surface area contributed by atoms with Crippen LogP contribution >= 0.6 is 0 Å². The van der Waals surface area contributed by atoms with E-state index < -0.39 is 6.04 Å². The van der Waals surface area contributed by atoms with Crippen molar-refractivity contribution in [3.63, 3.8) is 0 Å². The van der Waals surface area contributed by atoms with Crippen LogP contribution in [0.15, 0.2) is 42.5 Å². The van der Waals surface area contributed by atoms with Crippen LogP contribution < -0.4 is 15.0 Å². The normalized spacial score (nSPS) is 15.5. The summed E-state index contributed by atoms with van der Waals surface area (Å²) in [6.07, 6.45) is 3.19. The van der Waals surface area contributed by atoms with Crippen LogP contribution in [0.3, 0.4) is 0 Å². The highest BCUT2D eigenvalue weighted by molar-refractivity contribution is 6.06. The van der Waals surface area contributed by atoms with Gasteiger partial charge in [0.2, 0.25) is 5.91 Å². The largest absolute Gasteiger partial charge is 0.492 e. The fourth-order valence-corrected chi connectivity index (χ4v) is 3.56. The maximum Gasteiger partial charge on any atom is 0.254 e. The topological polar surface area (TPSA) is 58.6 Å². The minimum atomic E-state index is -0.618. The van der Waals surface area contributed by atoms with Crippen LogP contribution in [0.5, 0.6) is 5.75 Å². The van der Waals surface area contributed by atoms with Crippen LogP contribution in [0.1, 0.15) is 49.4 Å². The number of nitrogens with one attached hydrogen (secondary N) is 1. The number of ether oxygens (including phenoxy) is 1. The minimum absolute atomic E-state index is 0.106. The number of unbranched alkanes of at least 4 members (excludes halogenated alkanes) is 1. The van der Waals surface area contributed by atoms with E-state index in [0.29, 0.717) is 13.2 Å². The van der Waals surface area contributed by atoms with Crippen molar-refractivity contribution in [3.05, 3.63) is 59.2 Å². The highest BCUT2D eigenvalue weighted by Gasteiger charge is 2.37. The van der Waals surface area contributed by atoms with Crippen LogP contribution in [0.25, 0.3) is 0 Å². The van der Waals surface area contributed by atoms with Gasteiger partial charge in [-0.2, -0.15) is 0 Å². The first-order valence-electron chi connectivity index (χ1n) is 9.90. The molecule has 2 aromatic carbocycles. The van der Waals surface area contributed by atoms with Crippen molar-refractivity contribution in [2.45, 2.75) is 46.1 Å². The minimum Gasteiger partial charge on any atom is -0.492 e. The second-order valence-corrected chi connectivity index (χ2v) is 7.29. The van der Waals surface area contributed by atoms with Crippen LogP contribution in [-0.2, 0) is 16.0 Å². The molecule has 0 saturated carbocycles. The van der Waals surface area contributed by atoms with Gasteiger partial charge in [0.25, 0.3) is 5.91 Å². The summed E-state index contributed by atoms with van der Waals surface area (Å²) >= 11 is 0. The molecular weight excluding hydrogens is 352 g/mol. The molecule has 3 rings (SSSR count). The number of hydrogen-bond donors (Lipinski definition) is 1. The zero-order valence-electron chi connectivity index (χ0n) is 16.8. The average molecular weight is 380 g/mol. The summed E-state index contributed by atoms with van der Waals surface area (Å²) in [6.45, 7) is 6.44. The summed E-state index contributed by atoms with van der Waals surface area (Å²) in [4.78, 5) is 26.3. The molecule has 5 nitrogen and oxygen atoms in total. The highest BCUT2D eigenvalue weighted by atomic mass is 16.5. The van der Waals surface area contributed by atoms with E-state index in [1.807, 2.05) is 37.3 Å². The first kappa shape index (κ1) is 19.9. The Morgan fingerprint density at radius 3 is 2.75 bits per heavy atom. The van der Waals surface area contributed by atoms with Gasteiger partial charge < -0.3 is 15.0 Å². The maximum atomic E-state index is 13.0. The van der Waals surface area contributed by atoms with Gasteiger partial charge >= 0.3 is 0 Å². The zero-order chi connectivity index (χ0) is 20.1. The molecule has 1 N–H and O–H groups in total. The Balaban J connectivity index is 1.76. The third kappa shape index (κ3) is 4.53. The van der Waals surface area contributed by atoms with Crippen molar-refractivity contribution in [3.8, 4) is 5.75 Å². The molecule has 1 aliphatic heterocycles. The van der Waals surface area contributed by atoms with E-state index in [-0.39, 0.29) is 11.8 Å². The van der Waals surface area contributed by atoms with Crippen LogP contribution in [0, 0.1) is 6.92 Å². The molecule has 1 atom stereocenters. The summed E-state index contributed by atoms with van der Waals surface area (Å²) in [6, 6.07) is 13.4. The first-order chi connectivity index (χ1) is 13.5. The predicted octanol–water partition coefficient (Wildman–Crippen LogP) is 3.94. The number of hydrogen-bond acceptors (Lipinski definition) is 3. The van der Waals surface area contributed by atoms with Gasteiger partial charge in [-0.25, -0.2) is 0 Å². The molecule has 0 bridgehead atoms. The number of rotatable bonds is 8. The number of carbonyl (C=O) groups excluding carboxylic acids is 2. The number of aryl methyl sites for hydroxylation is 2. The molecular formula is C23H28N2O3. The second-order valence-electron chi connectivity index (χ2n) is 7.29. The van der Waals surface area contributed by atoms with Gasteiger partial charge in [0.1, 0.15) is 18.4 Å². The summed E-state index contributed by atoms with van der Waals surface area (Å²) in [5, 5.41) is 2.81. The van der Waals surface area contributed by atoms with Crippen molar-refractivity contribution in [1.29, 1.82) is 0 Å². The molecule has 0 unspecified atom stereocenters. The van der Waals surface area contributed by atoms with Gasteiger partial charge in [0.15, 0.2) is 0 Å². The van der Waals surface area contributed by atoms with Crippen molar-refractivity contribution < 1.29 is 14.3 Å². The summed E-state index contributed by atoms with van der Waals surface area (Å²) in [5.74, 6) is 0.479. The highest BCUT2D eigenvalue weighted by Crippen LogP contribution is 2.36. The molecule has 0 radical (unpaired) electrons. The number of amides is 2. The number of carbonyl (C=O) groups is 2. The number of fused-ring (bicyclic) bond motifs is 1. The molecule has 1 heterocycles. The van der Waals surface area contributed by atoms with E-state index in [4.69, 9.17) is 4.74 Å². The van der Waals surface area contributed by atoms with Gasteiger partial charge in [-0.05, 0) is 49.1 Å². The fourth-order valence-electron chi connectivity index (χ4n) is 3.56. The third-order valence-electron chi connectivity index (χ3n) is 4.95. The molecule has 2 aromatic rings. The number of benzene rings is 2. The zero-order valence-corrected chi connectivity index (χ0v) is 16.8. The summed E-state index contributed by atoms with van der Waals surface area (Å²) < 4.78 is 5.82. The molecule has 0 spiro atoms. The van der Waals surface area contributed by atoms with E-state index >= 15 is 0 Å². The van der Waals surface area contributed by atoms with Gasteiger partial charge in [-0.1, -0.05) is 37.6 Å². The lowest BCUT2D eigenvalue weighted by molar-refractivity contribution is -0.126. The van der Waals surface area contributed by atoms with E-state index in [9.17, 15) is 9.59 Å². The molecule has 2 amide bonds. The molecule has 0 aliphatic carbocycles. The van der Waals surface area contributed by atoms with Crippen LogP contribution in [-0.4, -0.2) is 25.0 Å². The average Bonchev–Trinajstić information content (AvgIpc) is 2.91. The van der Waals surface area contributed by atoms with Crippen LogP contribution in [0.2, 0.25) is 0 Å². The fraction of sp³-hybridized carbons (Fsp3) is 0.391. The predicted molar refractivity (Wildman–Crippen MR) is 111 cm³/mol. The van der Waals surface area contributed by atoms with Crippen molar-refractivity contribution in [1.82, 2.24) is 5.32 Å². The number of anilines is 1. The molecule has 1 aliphatic rings. The Bertz CT molecular complexity index is 863. The van der Waals surface area contributed by atoms with E-state index in [2.05, 4.69) is 24.4 Å². The standard InChI is InChI=1S/C23H28N2O3/c1-4-5-8-18-10-11-21-20(15-18)22(24-17(3)26)23(27)25(21)12-13-28-19-9-6-7-16(2)14-19/h6-7,9-11,14-15,22H,4-5,8,12-13H2,1-3H3,(H,24,26)/t22-/m1/s1. The quantitative estimate of drug-likeness (QED) is 0.755. The van der Waals surface area contributed by atoms with Gasteiger partial charge in [-0.15, -0.1) is 0 Å². The number of nitrogens with zero attached hydrogens (tertiary/aromatic N) is 1. The van der Waals surface area contributed by atoms with E-state index in [0.717, 1.165) is 41.8 Å². The second kappa shape index (κ2) is 8.91. The Morgan fingerprint density at radius 1 is 1.21 bits per heavy atom. The van der Waals surface area contributed by atoms with Gasteiger partial charge in [0, 0.05) is 18.2 Å². The monoisotopic (exact) mass is 380 g/mol. The third-order valence-corrected chi connectivity index (χ3v) is 4.95. The lowest BCUT2D eigenvalue weighted by Gasteiger charge is -2.18. The Labute approximate surface area is 166 Å². The lowest BCUT2D eigenvalue weighted by atomic mass is 10.0. The van der Waals surface area contributed by atoms with E-state index in [1.54, 1.807) is 4.90 Å². The lowest BCUT2D eigenvalue weighted by Crippen LogP contribution is -2.38. The summed E-state index contributed by atoms with van der Waals surface area (Å²) in [7, 11) is 0. The Hall–Kier alpha value is -2.82. The molecule has 5 heteroatoms. The molecule has 148 valence electrons. The van der Waals surface area contributed by atoms with Crippen molar-refractivity contribution >= 4 is 17.5 Å². The Kier molecular flexibility index (Phi) is 6.34. The van der Waals surface area contributed by atoms with Gasteiger partial charge in [0.05, 0.1) is 6.54 Å². The van der Waals surface area contributed by atoms with Crippen molar-refractivity contribution in [2.75, 3.05) is 18.1 Å². The molecule has 0 saturated heterocycles. The SMILES string of the molecule is CCCCc1ccc2c(c1)[C@@H](NC(C)=O)C(=O)N2CCOc1cccc(C)c1. The molecule has 0 aromatic heterocycles. The van der Waals surface area contributed by atoms with Crippen molar-refractivity contribution in [2.24, 2.45) is 0 Å². The molecule has 28 heavy (non-hydrogen) atoms. The smallest absolute Gasteiger partial charge is 0.254 e. The summed E-state index contributed by atoms with van der Waals surface area (Å²) in [5.41, 5.74) is 4.06. The molecule has 0 fully saturated rings. The van der Waals surface area contributed by atoms with Crippen LogP contribution in [0.4, 0.5) is 5.69 Å². The first-order valence-corrected chi connectivity index (χ1v) is 9.90. The van der Waals surface area contributed by atoms with E-state index in [1.165, 1.54) is 12.5 Å².